The highest BCUT2D eigenvalue weighted by Crippen LogP contribution is 2.22. The van der Waals surface area contributed by atoms with Gasteiger partial charge in [-0.2, -0.15) is 0 Å². The quantitative estimate of drug-likeness (QED) is 0.0862. The largest absolute Gasteiger partial charge is 0.394 e. The molecule has 0 radical (unpaired) electrons. The molecule has 0 aliphatic heterocycles. The third-order valence-corrected chi connectivity index (χ3v) is 7.52. The summed E-state index contributed by atoms with van der Waals surface area (Å²) in [5, 5.41) is 22.8. The molecule has 0 saturated heterocycles. The van der Waals surface area contributed by atoms with Crippen molar-refractivity contribution in [3.8, 4) is 0 Å². The molecular formula is C30H62N2O3. The Morgan fingerprint density at radius 1 is 0.686 bits per heavy atom. The normalized spacial score (nSPS) is 14.3. The average Bonchev–Trinajstić information content (AvgIpc) is 2.84. The number of unbranched alkanes of at least 4 members (excludes halogenated alkanes) is 18. The SMILES string of the molecule is CCCCCCCCCCCCCCCCCCCCCC(=O)NC(CCC)(C(O)CO)N(C)C. The third-order valence-electron chi connectivity index (χ3n) is 7.52. The fourth-order valence-corrected chi connectivity index (χ4v) is 5.15. The van der Waals surface area contributed by atoms with Crippen molar-refractivity contribution in [2.75, 3.05) is 20.7 Å². The van der Waals surface area contributed by atoms with Crippen LogP contribution in [0.3, 0.4) is 0 Å². The number of hydrogen-bond acceptors (Lipinski definition) is 4. The molecular weight excluding hydrogens is 436 g/mol. The molecule has 2 unspecified atom stereocenters. The highest BCUT2D eigenvalue weighted by molar-refractivity contribution is 5.76. The Kier molecular flexibility index (Phi) is 23.3. The summed E-state index contributed by atoms with van der Waals surface area (Å²) < 4.78 is 0. The van der Waals surface area contributed by atoms with Crippen LogP contribution in [0.1, 0.15) is 155 Å². The molecule has 210 valence electrons. The summed E-state index contributed by atoms with van der Waals surface area (Å²) in [7, 11) is 3.68. The van der Waals surface area contributed by atoms with E-state index in [0.717, 1.165) is 19.3 Å². The maximum atomic E-state index is 12.5. The number of aliphatic hydroxyl groups excluding tert-OH is 2. The van der Waals surface area contributed by atoms with Gasteiger partial charge in [-0.3, -0.25) is 9.69 Å². The van der Waals surface area contributed by atoms with Gasteiger partial charge < -0.3 is 15.5 Å². The average molecular weight is 499 g/mol. The number of carbonyl (C=O) groups is 1. The van der Waals surface area contributed by atoms with Crippen LogP contribution in [-0.2, 0) is 4.79 Å². The van der Waals surface area contributed by atoms with Gasteiger partial charge in [0, 0.05) is 6.42 Å². The molecule has 35 heavy (non-hydrogen) atoms. The summed E-state index contributed by atoms with van der Waals surface area (Å²) in [6.45, 7) is 3.94. The van der Waals surface area contributed by atoms with E-state index in [1.807, 2.05) is 25.9 Å². The Hall–Kier alpha value is -0.650. The number of aliphatic hydroxyl groups is 2. The maximum Gasteiger partial charge on any atom is 0.221 e. The van der Waals surface area contributed by atoms with Gasteiger partial charge in [0.2, 0.25) is 5.91 Å². The Balaban J connectivity index is 3.61. The second kappa shape index (κ2) is 23.7. The number of rotatable bonds is 26. The number of nitrogens with one attached hydrogen (secondary N) is 1. The fourth-order valence-electron chi connectivity index (χ4n) is 5.15. The van der Waals surface area contributed by atoms with Crippen molar-refractivity contribution in [2.45, 2.75) is 167 Å². The molecule has 0 spiro atoms. The Morgan fingerprint density at radius 3 is 1.37 bits per heavy atom. The fraction of sp³-hybridized carbons (Fsp3) is 0.967. The van der Waals surface area contributed by atoms with Crippen LogP contribution in [0.2, 0.25) is 0 Å². The van der Waals surface area contributed by atoms with E-state index >= 15 is 0 Å². The number of nitrogens with zero attached hydrogens (tertiary/aromatic N) is 1. The van der Waals surface area contributed by atoms with Gasteiger partial charge in [0.05, 0.1) is 6.61 Å². The van der Waals surface area contributed by atoms with Crippen molar-refractivity contribution in [2.24, 2.45) is 0 Å². The zero-order valence-corrected chi connectivity index (χ0v) is 24.1. The second-order valence-electron chi connectivity index (χ2n) is 10.9. The molecule has 2 atom stereocenters. The first-order valence-electron chi connectivity index (χ1n) is 15.2. The van der Waals surface area contributed by atoms with Crippen LogP contribution >= 0.6 is 0 Å². The molecule has 0 fully saturated rings. The standard InChI is InChI=1S/C30H62N2O3/c1-5-7-8-9-10-11-12-13-14-15-16-17-18-19-20-21-22-23-24-25-29(35)31-30(26-6-2,32(3)4)28(34)27-33/h28,33-34H,5-27H2,1-4H3,(H,31,35). The summed E-state index contributed by atoms with van der Waals surface area (Å²) in [5.74, 6) is -0.0355. The van der Waals surface area contributed by atoms with E-state index in [1.165, 1.54) is 109 Å². The molecule has 0 aromatic rings. The first-order chi connectivity index (χ1) is 16.9. The van der Waals surface area contributed by atoms with Crippen molar-refractivity contribution in [3.63, 3.8) is 0 Å². The summed E-state index contributed by atoms with van der Waals surface area (Å²) >= 11 is 0. The monoisotopic (exact) mass is 498 g/mol. The van der Waals surface area contributed by atoms with Crippen molar-refractivity contribution < 1.29 is 15.0 Å². The lowest BCUT2D eigenvalue weighted by Gasteiger charge is -2.43. The molecule has 0 aromatic heterocycles. The molecule has 0 bridgehead atoms. The number of likely N-dealkylation sites (N-methyl/N-ethyl adjacent to an activating group) is 1. The minimum Gasteiger partial charge on any atom is -0.394 e. The Bertz CT molecular complexity index is 473. The first-order valence-corrected chi connectivity index (χ1v) is 15.2. The molecule has 0 aromatic carbocycles. The van der Waals surface area contributed by atoms with Gasteiger partial charge in [-0.15, -0.1) is 0 Å². The predicted molar refractivity (Wildman–Crippen MR) is 151 cm³/mol. The number of carbonyl (C=O) groups excluding carboxylic acids is 1. The van der Waals surface area contributed by atoms with E-state index in [1.54, 1.807) is 0 Å². The third kappa shape index (κ3) is 17.4. The van der Waals surface area contributed by atoms with Gasteiger partial charge in [0.1, 0.15) is 11.8 Å². The van der Waals surface area contributed by atoms with E-state index in [9.17, 15) is 15.0 Å². The topological polar surface area (TPSA) is 72.8 Å². The molecule has 1 amide bonds. The lowest BCUT2D eigenvalue weighted by Crippen LogP contribution is -2.66. The summed E-state index contributed by atoms with van der Waals surface area (Å²) in [5.41, 5.74) is -0.894. The highest BCUT2D eigenvalue weighted by atomic mass is 16.3. The molecule has 0 aliphatic carbocycles. The minimum absolute atomic E-state index is 0.0355. The predicted octanol–water partition coefficient (Wildman–Crippen LogP) is 7.34. The first kappa shape index (κ1) is 34.4. The van der Waals surface area contributed by atoms with Gasteiger partial charge in [-0.25, -0.2) is 0 Å². The van der Waals surface area contributed by atoms with Gasteiger partial charge in [0.25, 0.3) is 0 Å². The lowest BCUT2D eigenvalue weighted by molar-refractivity contribution is -0.132. The smallest absolute Gasteiger partial charge is 0.221 e. The van der Waals surface area contributed by atoms with Crippen LogP contribution < -0.4 is 5.32 Å². The highest BCUT2D eigenvalue weighted by Gasteiger charge is 2.40. The Morgan fingerprint density at radius 2 is 1.06 bits per heavy atom. The van der Waals surface area contributed by atoms with Crippen molar-refractivity contribution >= 4 is 5.91 Å². The van der Waals surface area contributed by atoms with Crippen LogP contribution in [0.4, 0.5) is 0 Å². The van der Waals surface area contributed by atoms with Gasteiger partial charge in [-0.1, -0.05) is 136 Å². The maximum absolute atomic E-state index is 12.5. The summed E-state index contributed by atoms with van der Waals surface area (Å²) in [4.78, 5) is 14.3. The van der Waals surface area contributed by atoms with Gasteiger partial charge in [-0.05, 0) is 26.9 Å². The lowest BCUT2D eigenvalue weighted by atomic mass is 9.95. The summed E-state index contributed by atoms with van der Waals surface area (Å²) in [6, 6.07) is 0. The van der Waals surface area contributed by atoms with E-state index in [2.05, 4.69) is 12.2 Å². The molecule has 0 aliphatic rings. The zero-order valence-electron chi connectivity index (χ0n) is 24.1. The number of amides is 1. The van der Waals surface area contributed by atoms with Gasteiger partial charge >= 0.3 is 0 Å². The summed E-state index contributed by atoms with van der Waals surface area (Å²) in [6.07, 6.45) is 26.4. The second-order valence-corrected chi connectivity index (χ2v) is 10.9. The van der Waals surface area contributed by atoms with Gasteiger partial charge in [0.15, 0.2) is 0 Å². The molecule has 0 saturated carbocycles. The molecule has 5 nitrogen and oxygen atoms in total. The van der Waals surface area contributed by atoms with Crippen molar-refractivity contribution in [1.29, 1.82) is 0 Å². The molecule has 0 rings (SSSR count). The van der Waals surface area contributed by atoms with Crippen LogP contribution in [0.15, 0.2) is 0 Å². The Labute approximate surface area is 218 Å². The zero-order chi connectivity index (χ0) is 26.2. The minimum atomic E-state index is -0.994. The van der Waals surface area contributed by atoms with E-state index in [-0.39, 0.29) is 12.5 Å². The van der Waals surface area contributed by atoms with Crippen LogP contribution in [-0.4, -0.2) is 53.5 Å². The van der Waals surface area contributed by atoms with Crippen molar-refractivity contribution in [3.05, 3.63) is 0 Å². The van der Waals surface area contributed by atoms with Crippen molar-refractivity contribution in [1.82, 2.24) is 10.2 Å². The van der Waals surface area contributed by atoms with E-state index < -0.39 is 11.8 Å². The van der Waals surface area contributed by atoms with E-state index in [0.29, 0.717) is 12.8 Å². The number of hydrogen-bond donors (Lipinski definition) is 3. The molecule has 0 heterocycles. The van der Waals surface area contributed by atoms with Crippen LogP contribution in [0.25, 0.3) is 0 Å². The van der Waals surface area contributed by atoms with Crippen LogP contribution in [0.5, 0.6) is 0 Å². The van der Waals surface area contributed by atoms with E-state index in [4.69, 9.17) is 0 Å². The molecule has 3 N–H and O–H groups in total. The van der Waals surface area contributed by atoms with Crippen LogP contribution in [0, 0.1) is 0 Å². The molecule has 5 heteroatoms.